The van der Waals surface area contributed by atoms with E-state index < -0.39 is 11.6 Å². The average Bonchev–Trinajstić information content (AvgIpc) is 2.63. The van der Waals surface area contributed by atoms with Gasteiger partial charge in [0.05, 0.1) is 5.02 Å². The second-order valence-corrected chi connectivity index (χ2v) is 3.86. The van der Waals surface area contributed by atoms with Gasteiger partial charge in [-0.05, 0) is 30.5 Å². The van der Waals surface area contributed by atoms with Gasteiger partial charge < -0.3 is 5.32 Å². The lowest BCUT2D eigenvalue weighted by molar-refractivity contribution is 0.575. The molecule has 1 N–H and O–H groups in total. The molecule has 0 radical (unpaired) electrons. The quantitative estimate of drug-likeness (QED) is 0.714. The van der Waals surface area contributed by atoms with Crippen LogP contribution in [0, 0.1) is 11.6 Å². The Kier molecular flexibility index (Phi) is 2.70. The topological polar surface area (TPSA) is 12.0 Å². The van der Waals surface area contributed by atoms with Crippen LogP contribution in [0.25, 0.3) is 0 Å². The van der Waals surface area contributed by atoms with Crippen LogP contribution in [0.15, 0.2) is 12.1 Å². The van der Waals surface area contributed by atoms with Crippen LogP contribution < -0.4 is 5.32 Å². The van der Waals surface area contributed by atoms with Gasteiger partial charge in [0, 0.05) is 12.6 Å². The Labute approximate surface area is 86.1 Å². The Morgan fingerprint density at radius 2 is 2.14 bits per heavy atom. The van der Waals surface area contributed by atoms with Crippen molar-refractivity contribution < 1.29 is 8.78 Å². The van der Waals surface area contributed by atoms with Crippen molar-refractivity contribution in [3.8, 4) is 0 Å². The maximum atomic E-state index is 13.1. The fourth-order valence-electron chi connectivity index (χ4n) is 1.79. The SMILES string of the molecule is Fc1cc(F)c(Cl)c(C2CCNC2)c1. The summed E-state index contributed by atoms with van der Waals surface area (Å²) in [5.74, 6) is -1.10. The standard InChI is InChI=1S/C10H10ClF2N/c11-10-8(6-1-2-14-5-6)3-7(12)4-9(10)13/h3-4,6,14H,1-2,5H2. The van der Waals surface area contributed by atoms with Crippen LogP contribution in [0.4, 0.5) is 8.78 Å². The predicted molar refractivity (Wildman–Crippen MR) is 51.6 cm³/mol. The number of nitrogens with one attached hydrogen (secondary N) is 1. The molecule has 1 aromatic carbocycles. The van der Waals surface area contributed by atoms with E-state index in [1.54, 1.807) is 0 Å². The number of rotatable bonds is 1. The first kappa shape index (κ1) is 9.87. The Bertz CT molecular complexity index is 348. The molecule has 1 heterocycles. The lowest BCUT2D eigenvalue weighted by atomic mass is 9.98. The fraction of sp³-hybridized carbons (Fsp3) is 0.400. The van der Waals surface area contributed by atoms with Crippen molar-refractivity contribution in [1.82, 2.24) is 5.32 Å². The van der Waals surface area contributed by atoms with Gasteiger partial charge in [-0.15, -0.1) is 0 Å². The Balaban J connectivity index is 2.40. The van der Waals surface area contributed by atoms with Gasteiger partial charge >= 0.3 is 0 Å². The third-order valence-corrected chi connectivity index (χ3v) is 2.92. The van der Waals surface area contributed by atoms with Crippen LogP contribution in [-0.4, -0.2) is 13.1 Å². The molecule has 0 amide bonds. The summed E-state index contributed by atoms with van der Waals surface area (Å²) in [6.07, 6.45) is 0.878. The molecular weight excluding hydrogens is 208 g/mol. The van der Waals surface area contributed by atoms with Crippen LogP contribution in [0.2, 0.25) is 5.02 Å². The van der Waals surface area contributed by atoms with Crippen molar-refractivity contribution in [1.29, 1.82) is 0 Å². The van der Waals surface area contributed by atoms with Gasteiger partial charge in [0.1, 0.15) is 11.6 Å². The third-order valence-electron chi connectivity index (χ3n) is 2.52. The molecule has 0 aromatic heterocycles. The second-order valence-electron chi connectivity index (χ2n) is 3.48. The van der Waals surface area contributed by atoms with Gasteiger partial charge in [0.2, 0.25) is 0 Å². The fourth-order valence-corrected chi connectivity index (χ4v) is 2.06. The molecule has 4 heteroatoms. The molecule has 1 aliphatic rings. The molecule has 1 unspecified atom stereocenters. The van der Waals surface area contributed by atoms with E-state index in [9.17, 15) is 8.78 Å². The van der Waals surface area contributed by atoms with Gasteiger partial charge in [-0.3, -0.25) is 0 Å². The first-order chi connectivity index (χ1) is 6.68. The zero-order chi connectivity index (χ0) is 10.1. The highest BCUT2D eigenvalue weighted by atomic mass is 35.5. The van der Waals surface area contributed by atoms with Crippen LogP contribution in [-0.2, 0) is 0 Å². The lowest BCUT2D eigenvalue weighted by Gasteiger charge is -2.11. The zero-order valence-electron chi connectivity index (χ0n) is 7.49. The summed E-state index contributed by atoms with van der Waals surface area (Å²) in [6, 6.07) is 2.14. The molecule has 1 aromatic rings. The van der Waals surface area contributed by atoms with Gasteiger partial charge in [0.25, 0.3) is 0 Å². The summed E-state index contributed by atoms with van der Waals surface area (Å²) in [6.45, 7) is 1.61. The zero-order valence-corrected chi connectivity index (χ0v) is 8.24. The van der Waals surface area contributed by atoms with Crippen LogP contribution >= 0.6 is 11.6 Å². The predicted octanol–water partition coefficient (Wildman–Crippen LogP) is 2.70. The van der Waals surface area contributed by atoms with E-state index in [0.29, 0.717) is 5.56 Å². The van der Waals surface area contributed by atoms with E-state index in [0.717, 1.165) is 25.6 Å². The monoisotopic (exact) mass is 217 g/mol. The average molecular weight is 218 g/mol. The molecule has 1 nitrogen and oxygen atoms in total. The van der Waals surface area contributed by atoms with E-state index in [1.807, 2.05) is 0 Å². The Morgan fingerprint density at radius 1 is 1.36 bits per heavy atom. The van der Waals surface area contributed by atoms with Gasteiger partial charge in [-0.25, -0.2) is 8.78 Å². The summed E-state index contributed by atoms with van der Waals surface area (Å²) < 4.78 is 26.0. The summed E-state index contributed by atoms with van der Waals surface area (Å²) in [4.78, 5) is 0. The molecule has 0 spiro atoms. The summed E-state index contributed by atoms with van der Waals surface area (Å²) in [5, 5.41) is 3.19. The van der Waals surface area contributed by atoms with Crippen LogP contribution in [0.1, 0.15) is 17.9 Å². The molecular formula is C10H10ClF2N. The number of halogens is 3. The molecule has 0 bridgehead atoms. The summed E-state index contributed by atoms with van der Waals surface area (Å²) in [7, 11) is 0. The van der Waals surface area contributed by atoms with Crippen molar-refractivity contribution in [2.75, 3.05) is 13.1 Å². The Hall–Kier alpha value is -0.670. The molecule has 1 fully saturated rings. The van der Waals surface area contributed by atoms with E-state index in [1.165, 1.54) is 6.07 Å². The minimum atomic E-state index is -0.673. The highest BCUT2D eigenvalue weighted by molar-refractivity contribution is 6.31. The molecule has 2 rings (SSSR count). The molecule has 0 saturated carbocycles. The number of hydrogen-bond donors (Lipinski definition) is 1. The molecule has 76 valence electrons. The van der Waals surface area contributed by atoms with Gasteiger partial charge in [-0.1, -0.05) is 11.6 Å². The van der Waals surface area contributed by atoms with Crippen molar-refractivity contribution in [2.24, 2.45) is 0 Å². The molecule has 14 heavy (non-hydrogen) atoms. The largest absolute Gasteiger partial charge is 0.316 e. The van der Waals surface area contributed by atoms with Crippen LogP contribution in [0.3, 0.4) is 0 Å². The molecule has 1 atom stereocenters. The maximum Gasteiger partial charge on any atom is 0.144 e. The first-order valence-corrected chi connectivity index (χ1v) is 4.91. The highest BCUT2D eigenvalue weighted by Crippen LogP contribution is 2.31. The molecule has 0 aliphatic carbocycles. The minimum Gasteiger partial charge on any atom is -0.316 e. The van der Waals surface area contributed by atoms with Gasteiger partial charge in [-0.2, -0.15) is 0 Å². The van der Waals surface area contributed by atoms with Crippen molar-refractivity contribution in [2.45, 2.75) is 12.3 Å². The van der Waals surface area contributed by atoms with Crippen molar-refractivity contribution in [3.05, 3.63) is 34.4 Å². The summed E-state index contributed by atoms with van der Waals surface area (Å²) >= 11 is 5.78. The Morgan fingerprint density at radius 3 is 2.79 bits per heavy atom. The number of benzene rings is 1. The molecule has 1 saturated heterocycles. The van der Waals surface area contributed by atoms with Gasteiger partial charge in [0.15, 0.2) is 0 Å². The smallest absolute Gasteiger partial charge is 0.144 e. The van der Waals surface area contributed by atoms with Crippen molar-refractivity contribution in [3.63, 3.8) is 0 Å². The first-order valence-electron chi connectivity index (χ1n) is 4.53. The molecule has 1 aliphatic heterocycles. The van der Waals surface area contributed by atoms with E-state index >= 15 is 0 Å². The van der Waals surface area contributed by atoms with E-state index in [-0.39, 0.29) is 10.9 Å². The van der Waals surface area contributed by atoms with Crippen LogP contribution in [0.5, 0.6) is 0 Å². The van der Waals surface area contributed by atoms with E-state index in [2.05, 4.69) is 5.32 Å². The minimum absolute atomic E-state index is 0.0556. The lowest BCUT2D eigenvalue weighted by Crippen LogP contribution is -2.08. The summed E-state index contributed by atoms with van der Waals surface area (Å²) in [5.41, 5.74) is 0.578. The normalized spacial score (nSPS) is 21.5. The number of hydrogen-bond acceptors (Lipinski definition) is 1. The second kappa shape index (κ2) is 3.83. The van der Waals surface area contributed by atoms with Crippen molar-refractivity contribution >= 4 is 11.6 Å². The third kappa shape index (κ3) is 1.74. The van der Waals surface area contributed by atoms with E-state index in [4.69, 9.17) is 11.6 Å². The highest BCUT2D eigenvalue weighted by Gasteiger charge is 2.21. The maximum absolute atomic E-state index is 13.1.